The van der Waals surface area contributed by atoms with E-state index in [-0.39, 0.29) is 22.9 Å². The van der Waals surface area contributed by atoms with Crippen LogP contribution < -0.4 is 10.0 Å². The minimum Gasteiger partial charge on any atom is -0.352 e. The van der Waals surface area contributed by atoms with Crippen molar-refractivity contribution in [1.82, 2.24) is 5.32 Å². The lowest BCUT2D eigenvalue weighted by Crippen LogP contribution is -2.30. The van der Waals surface area contributed by atoms with E-state index >= 15 is 0 Å². The molecule has 2 N–H and O–H groups in total. The van der Waals surface area contributed by atoms with E-state index in [0.717, 1.165) is 5.56 Å². The van der Waals surface area contributed by atoms with E-state index in [1.54, 1.807) is 19.1 Å². The average molecular weight is 481 g/mol. The van der Waals surface area contributed by atoms with Gasteiger partial charge in [0.25, 0.3) is 5.91 Å². The summed E-state index contributed by atoms with van der Waals surface area (Å²) in [6.45, 7) is 9.85. The lowest BCUT2D eigenvalue weighted by Gasteiger charge is -2.26. The second-order valence-corrected chi connectivity index (χ2v) is 11.5. The van der Waals surface area contributed by atoms with Crippen LogP contribution in [0.2, 0.25) is 0 Å². The summed E-state index contributed by atoms with van der Waals surface area (Å²) in [5, 5.41) is 2.91. The van der Waals surface area contributed by atoms with Crippen LogP contribution in [0.3, 0.4) is 0 Å². The van der Waals surface area contributed by atoms with Crippen molar-refractivity contribution in [3.63, 3.8) is 0 Å². The molecule has 0 aliphatic heterocycles. The van der Waals surface area contributed by atoms with Gasteiger partial charge >= 0.3 is 0 Å². The smallest absolute Gasteiger partial charge is 0.251 e. The minimum atomic E-state index is -3.35. The molecule has 0 aliphatic carbocycles. The summed E-state index contributed by atoms with van der Waals surface area (Å²) in [4.78, 5) is 12.7. The third-order valence-corrected chi connectivity index (χ3v) is 7.78. The van der Waals surface area contributed by atoms with Crippen LogP contribution in [0.1, 0.15) is 62.5 Å². The van der Waals surface area contributed by atoms with E-state index in [0.29, 0.717) is 35.5 Å². The molecule has 5 nitrogen and oxygen atoms in total. The molecule has 0 aromatic heterocycles. The summed E-state index contributed by atoms with van der Waals surface area (Å²) < 4.78 is 40.5. The highest BCUT2D eigenvalue weighted by Crippen LogP contribution is 2.30. The molecule has 0 bridgehead atoms. The zero-order valence-corrected chi connectivity index (χ0v) is 21.0. The van der Waals surface area contributed by atoms with Crippen molar-refractivity contribution >= 4 is 34.2 Å². The van der Waals surface area contributed by atoms with Crippen LogP contribution in [-0.4, -0.2) is 32.4 Å². The van der Waals surface area contributed by atoms with Gasteiger partial charge < -0.3 is 5.32 Å². The molecule has 0 aliphatic rings. The number of thiol groups is 1. The Morgan fingerprint density at radius 3 is 2.38 bits per heavy atom. The van der Waals surface area contributed by atoms with Crippen molar-refractivity contribution < 1.29 is 17.6 Å². The summed E-state index contributed by atoms with van der Waals surface area (Å²) in [5.74, 6) is -0.152. The number of nitrogens with one attached hydrogen (secondary N) is 2. The number of hydrogen-bond donors (Lipinski definition) is 3. The zero-order chi connectivity index (χ0) is 24.2. The Kier molecular flexibility index (Phi) is 8.39. The van der Waals surface area contributed by atoms with Gasteiger partial charge in [0.1, 0.15) is 5.82 Å². The number of carbonyl (C=O) groups is 1. The molecule has 2 aromatic carbocycles. The quantitative estimate of drug-likeness (QED) is 0.424. The second kappa shape index (κ2) is 10.3. The Morgan fingerprint density at radius 1 is 1.06 bits per heavy atom. The van der Waals surface area contributed by atoms with Crippen LogP contribution in [0.4, 0.5) is 10.1 Å². The van der Waals surface area contributed by atoms with E-state index in [2.05, 4.69) is 22.7 Å². The van der Waals surface area contributed by atoms with Gasteiger partial charge in [-0.2, -0.15) is 12.6 Å². The van der Waals surface area contributed by atoms with Crippen LogP contribution in [0.25, 0.3) is 0 Å². The predicted molar refractivity (Wildman–Crippen MR) is 133 cm³/mol. The topological polar surface area (TPSA) is 75.3 Å². The molecule has 0 spiro atoms. The molecule has 0 radical (unpaired) electrons. The van der Waals surface area contributed by atoms with Crippen LogP contribution in [-0.2, 0) is 20.9 Å². The first-order valence-electron chi connectivity index (χ1n) is 10.6. The maximum Gasteiger partial charge on any atom is 0.251 e. The monoisotopic (exact) mass is 480 g/mol. The Morgan fingerprint density at radius 2 is 1.75 bits per heavy atom. The molecule has 1 amide bonds. The zero-order valence-electron chi connectivity index (χ0n) is 19.3. The van der Waals surface area contributed by atoms with Gasteiger partial charge in [0, 0.05) is 23.2 Å². The number of halogens is 1. The average Bonchev–Trinajstić information content (AvgIpc) is 2.73. The van der Waals surface area contributed by atoms with Crippen molar-refractivity contribution in [2.45, 2.75) is 51.9 Å². The predicted octanol–water partition coefficient (Wildman–Crippen LogP) is 4.89. The SMILES string of the molecule is CCS(=O)(=O)Nc1cccc(C(C)(C)CCNC(=O)c2ccc(F)c(C(C)(C)CS)c2)c1. The normalized spacial score (nSPS) is 12.5. The van der Waals surface area contributed by atoms with Gasteiger partial charge in [0.05, 0.1) is 5.75 Å². The first kappa shape index (κ1) is 26.2. The van der Waals surface area contributed by atoms with Crippen LogP contribution >= 0.6 is 12.6 Å². The molecule has 0 heterocycles. The van der Waals surface area contributed by atoms with E-state index in [4.69, 9.17) is 0 Å². The third-order valence-electron chi connectivity index (χ3n) is 5.69. The number of amides is 1. The minimum absolute atomic E-state index is 0.00290. The standard InChI is InChI=1S/C24H33FN2O3S2/c1-6-32(29,30)27-19-9-7-8-18(15-19)23(2,3)12-13-26-22(28)17-10-11-21(25)20(14-17)24(4,5)16-31/h7-11,14-15,27,31H,6,12-13,16H2,1-5H3,(H,26,28). The summed E-state index contributed by atoms with van der Waals surface area (Å²) >= 11 is 4.30. The third kappa shape index (κ3) is 6.72. The lowest BCUT2D eigenvalue weighted by molar-refractivity contribution is 0.0951. The molecule has 0 atom stereocenters. The largest absolute Gasteiger partial charge is 0.352 e. The molecule has 0 saturated carbocycles. The van der Waals surface area contributed by atoms with E-state index in [1.165, 1.54) is 12.1 Å². The Hall–Kier alpha value is -2.06. The summed E-state index contributed by atoms with van der Waals surface area (Å²) in [6.07, 6.45) is 0.638. The van der Waals surface area contributed by atoms with Gasteiger partial charge in [-0.15, -0.1) is 0 Å². The maximum atomic E-state index is 14.3. The summed E-state index contributed by atoms with van der Waals surface area (Å²) in [5.41, 5.74) is 1.56. The van der Waals surface area contributed by atoms with E-state index < -0.39 is 15.4 Å². The number of sulfonamides is 1. The summed E-state index contributed by atoms with van der Waals surface area (Å²) in [6, 6.07) is 11.7. The lowest BCUT2D eigenvalue weighted by atomic mass is 9.81. The fourth-order valence-corrected chi connectivity index (χ4v) is 4.06. The summed E-state index contributed by atoms with van der Waals surface area (Å²) in [7, 11) is -3.35. The van der Waals surface area contributed by atoms with Gasteiger partial charge in [-0.05, 0) is 66.0 Å². The molecule has 2 aromatic rings. The van der Waals surface area contributed by atoms with Crippen LogP contribution in [0, 0.1) is 5.82 Å². The molecular formula is C24H33FN2O3S2. The Balaban J connectivity index is 2.07. The van der Waals surface area contributed by atoms with E-state index in [9.17, 15) is 17.6 Å². The molecular weight excluding hydrogens is 447 g/mol. The number of rotatable bonds is 10. The molecule has 0 unspecified atom stereocenters. The maximum absolute atomic E-state index is 14.3. The molecule has 2 rings (SSSR count). The highest BCUT2D eigenvalue weighted by molar-refractivity contribution is 7.92. The van der Waals surface area contributed by atoms with Gasteiger partial charge in [0.15, 0.2) is 0 Å². The van der Waals surface area contributed by atoms with Crippen LogP contribution in [0.15, 0.2) is 42.5 Å². The molecule has 0 fully saturated rings. The van der Waals surface area contributed by atoms with Crippen LogP contribution in [0.5, 0.6) is 0 Å². The van der Waals surface area contributed by atoms with Crippen molar-refractivity contribution in [2.24, 2.45) is 0 Å². The van der Waals surface area contributed by atoms with E-state index in [1.807, 2.05) is 45.9 Å². The fraction of sp³-hybridized carbons (Fsp3) is 0.458. The first-order valence-corrected chi connectivity index (χ1v) is 12.9. The van der Waals surface area contributed by atoms with Gasteiger partial charge in [-0.25, -0.2) is 12.8 Å². The number of benzene rings is 2. The molecule has 8 heteroatoms. The number of hydrogen-bond acceptors (Lipinski definition) is 4. The Bertz CT molecular complexity index is 1070. The molecule has 176 valence electrons. The number of anilines is 1. The van der Waals surface area contributed by atoms with Gasteiger partial charge in [-0.1, -0.05) is 39.8 Å². The van der Waals surface area contributed by atoms with Crippen molar-refractivity contribution in [2.75, 3.05) is 22.8 Å². The van der Waals surface area contributed by atoms with Crippen molar-refractivity contribution in [3.05, 3.63) is 65.0 Å². The second-order valence-electron chi connectivity index (χ2n) is 9.21. The Labute approximate surface area is 196 Å². The highest BCUT2D eigenvalue weighted by Gasteiger charge is 2.25. The fourth-order valence-electron chi connectivity index (χ4n) is 3.26. The first-order chi connectivity index (χ1) is 14.8. The number of carbonyl (C=O) groups excluding carboxylic acids is 1. The van der Waals surface area contributed by atoms with Crippen molar-refractivity contribution in [1.29, 1.82) is 0 Å². The highest BCUT2D eigenvalue weighted by atomic mass is 32.2. The van der Waals surface area contributed by atoms with Gasteiger partial charge in [0.2, 0.25) is 10.0 Å². The van der Waals surface area contributed by atoms with Gasteiger partial charge in [-0.3, -0.25) is 9.52 Å². The van der Waals surface area contributed by atoms with Crippen molar-refractivity contribution in [3.8, 4) is 0 Å². The molecule has 0 saturated heterocycles. The molecule has 32 heavy (non-hydrogen) atoms.